The molecule has 0 saturated carbocycles. The molecule has 86 valence electrons. The van der Waals surface area contributed by atoms with Crippen molar-refractivity contribution in [3.63, 3.8) is 0 Å². The summed E-state index contributed by atoms with van der Waals surface area (Å²) < 4.78 is 5.17. The van der Waals surface area contributed by atoms with E-state index in [1.54, 1.807) is 18.9 Å². The van der Waals surface area contributed by atoms with E-state index in [9.17, 15) is 4.79 Å². The molecule has 1 fully saturated rings. The van der Waals surface area contributed by atoms with Crippen molar-refractivity contribution >= 4 is 17.7 Å². The number of nitrogens with one attached hydrogen (secondary N) is 1. The van der Waals surface area contributed by atoms with Gasteiger partial charge >= 0.3 is 0 Å². The fraction of sp³-hybridized carbons (Fsp3) is 0.417. The fourth-order valence-corrected chi connectivity index (χ4v) is 2.82. The topological polar surface area (TPSA) is 38.3 Å². The number of thioether (sulfide) groups is 1. The van der Waals surface area contributed by atoms with Crippen LogP contribution in [0.5, 0.6) is 0 Å². The third kappa shape index (κ3) is 2.39. The number of benzene rings is 1. The predicted octanol–water partition coefficient (Wildman–Crippen LogP) is 2.00. The van der Waals surface area contributed by atoms with Gasteiger partial charge in [-0.3, -0.25) is 4.79 Å². The van der Waals surface area contributed by atoms with E-state index >= 15 is 0 Å². The van der Waals surface area contributed by atoms with Crippen molar-refractivity contribution in [2.24, 2.45) is 0 Å². The van der Waals surface area contributed by atoms with E-state index < -0.39 is 0 Å². The molecule has 4 heteroatoms. The zero-order chi connectivity index (χ0) is 11.5. The van der Waals surface area contributed by atoms with Crippen LogP contribution in [-0.4, -0.2) is 18.8 Å². The summed E-state index contributed by atoms with van der Waals surface area (Å²) in [5.74, 6) is 0.658. The average Bonchev–Trinajstić information content (AvgIpc) is 2.68. The van der Waals surface area contributed by atoms with E-state index in [0.29, 0.717) is 12.4 Å². The minimum absolute atomic E-state index is 0.0811. The summed E-state index contributed by atoms with van der Waals surface area (Å²) >= 11 is 1.64. The highest BCUT2D eigenvalue weighted by atomic mass is 32.2. The van der Waals surface area contributed by atoms with E-state index in [1.807, 2.05) is 0 Å². The number of amides is 1. The summed E-state index contributed by atoms with van der Waals surface area (Å²) in [5, 5.41) is 3.05. The maximum atomic E-state index is 11.2. The Hall–Kier alpha value is -1.000. The molecule has 1 N–H and O–H groups in total. The van der Waals surface area contributed by atoms with Crippen molar-refractivity contribution in [1.82, 2.24) is 5.32 Å². The number of carbonyl (C=O) groups is 1. The van der Waals surface area contributed by atoms with Crippen LogP contribution in [0.25, 0.3) is 0 Å². The zero-order valence-electron chi connectivity index (χ0n) is 9.45. The highest BCUT2D eigenvalue weighted by Crippen LogP contribution is 2.33. The zero-order valence-corrected chi connectivity index (χ0v) is 10.3. The molecule has 1 aromatic rings. The molecule has 0 aliphatic carbocycles. The second-order valence-electron chi connectivity index (χ2n) is 3.89. The van der Waals surface area contributed by atoms with Gasteiger partial charge in [-0.05, 0) is 18.1 Å². The van der Waals surface area contributed by atoms with Crippen LogP contribution in [-0.2, 0) is 16.1 Å². The Balaban J connectivity index is 2.29. The van der Waals surface area contributed by atoms with E-state index in [-0.39, 0.29) is 11.3 Å². The average molecular weight is 237 g/mol. The van der Waals surface area contributed by atoms with Gasteiger partial charge in [0.2, 0.25) is 5.91 Å². The largest absolute Gasteiger partial charge is 0.380 e. The standard InChI is InChI=1S/C12H15NO2S/c1-8-3-4-9(6-15-2)10(5-8)12-13-11(14)7-16-12/h3-5,12H,6-7H2,1-2H3,(H,13,14). The lowest BCUT2D eigenvalue weighted by Crippen LogP contribution is -2.20. The number of aryl methyl sites for hydroxylation is 1. The molecule has 1 atom stereocenters. The van der Waals surface area contributed by atoms with Gasteiger partial charge in [-0.1, -0.05) is 23.8 Å². The van der Waals surface area contributed by atoms with Crippen LogP contribution < -0.4 is 5.32 Å². The van der Waals surface area contributed by atoms with Gasteiger partial charge in [0, 0.05) is 7.11 Å². The first kappa shape index (κ1) is 11.5. The molecule has 1 aliphatic rings. The molecule has 1 amide bonds. The first-order chi connectivity index (χ1) is 7.70. The lowest BCUT2D eigenvalue weighted by atomic mass is 10.0. The van der Waals surface area contributed by atoms with Crippen molar-refractivity contribution in [2.45, 2.75) is 18.9 Å². The van der Waals surface area contributed by atoms with Gasteiger partial charge in [-0.2, -0.15) is 0 Å². The van der Waals surface area contributed by atoms with E-state index in [2.05, 4.69) is 30.4 Å². The van der Waals surface area contributed by atoms with Crippen LogP contribution in [0.3, 0.4) is 0 Å². The van der Waals surface area contributed by atoms with Gasteiger partial charge in [0.05, 0.1) is 12.4 Å². The predicted molar refractivity (Wildman–Crippen MR) is 65.2 cm³/mol. The highest BCUT2D eigenvalue weighted by molar-refractivity contribution is 8.00. The Bertz CT molecular complexity index is 406. The van der Waals surface area contributed by atoms with Crippen molar-refractivity contribution in [2.75, 3.05) is 12.9 Å². The highest BCUT2D eigenvalue weighted by Gasteiger charge is 2.24. The molecular weight excluding hydrogens is 222 g/mol. The Labute approximate surface area is 99.6 Å². The van der Waals surface area contributed by atoms with Crippen LogP contribution in [0.15, 0.2) is 18.2 Å². The summed E-state index contributed by atoms with van der Waals surface area (Å²) in [7, 11) is 1.68. The van der Waals surface area contributed by atoms with Crippen molar-refractivity contribution in [1.29, 1.82) is 0 Å². The van der Waals surface area contributed by atoms with Crippen LogP contribution in [0.4, 0.5) is 0 Å². The van der Waals surface area contributed by atoms with E-state index in [4.69, 9.17) is 4.74 Å². The molecule has 2 rings (SSSR count). The molecule has 1 saturated heterocycles. The molecule has 0 aromatic heterocycles. The third-order valence-electron chi connectivity index (χ3n) is 2.56. The summed E-state index contributed by atoms with van der Waals surface area (Å²) in [6.45, 7) is 2.64. The van der Waals surface area contributed by atoms with Crippen LogP contribution in [0.1, 0.15) is 22.1 Å². The number of methoxy groups -OCH3 is 1. The van der Waals surface area contributed by atoms with E-state index in [1.165, 1.54) is 5.56 Å². The SMILES string of the molecule is COCc1ccc(C)cc1C1NC(=O)CS1. The van der Waals surface area contributed by atoms with Crippen molar-refractivity contribution in [3.05, 3.63) is 34.9 Å². The molecule has 16 heavy (non-hydrogen) atoms. The normalized spacial score (nSPS) is 19.9. The Morgan fingerprint density at radius 2 is 2.38 bits per heavy atom. The van der Waals surface area contributed by atoms with Crippen LogP contribution >= 0.6 is 11.8 Å². The van der Waals surface area contributed by atoms with Gasteiger partial charge in [-0.25, -0.2) is 0 Å². The maximum absolute atomic E-state index is 11.2. The second-order valence-corrected chi connectivity index (χ2v) is 4.99. The quantitative estimate of drug-likeness (QED) is 0.874. The Kier molecular flexibility index (Phi) is 3.51. The Morgan fingerprint density at radius 1 is 1.56 bits per heavy atom. The lowest BCUT2D eigenvalue weighted by Gasteiger charge is -2.15. The first-order valence-corrected chi connectivity index (χ1v) is 6.25. The molecule has 0 spiro atoms. The first-order valence-electron chi connectivity index (χ1n) is 5.20. The molecule has 0 radical (unpaired) electrons. The number of hydrogen-bond donors (Lipinski definition) is 1. The summed E-state index contributed by atoms with van der Waals surface area (Å²) in [5.41, 5.74) is 3.52. The number of hydrogen-bond acceptors (Lipinski definition) is 3. The third-order valence-corrected chi connectivity index (χ3v) is 3.69. The van der Waals surface area contributed by atoms with Crippen LogP contribution in [0, 0.1) is 6.92 Å². The smallest absolute Gasteiger partial charge is 0.231 e. The molecule has 1 unspecified atom stereocenters. The number of carbonyl (C=O) groups excluding carboxylic acids is 1. The van der Waals surface area contributed by atoms with Gasteiger partial charge in [-0.15, -0.1) is 11.8 Å². The van der Waals surface area contributed by atoms with Crippen LogP contribution in [0.2, 0.25) is 0 Å². The fourth-order valence-electron chi connectivity index (χ4n) is 1.80. The lowest BCUT2D eigenvalue weighted by molar-refractivity contribution is -0.118. The van der Waals surface area contributed by atoms with E-state index in [0.717, 1.165) is 11.1 Å². The van der Waals surface area contributed by atoms with Crippen molar-refractivity contribution in [3.8, 4) is 0 Å². The van der Waals surface area contributed by atoms with Gasteiger partial charge < -0.3 is 10.1 Å². The monoisotopic (exact) mass is 237 g/mol. The number of rotatable bonds is 3. The molecule has 1 aliphatic heterocycles. The molecular formula is C12H15NO2S. The molecule has 1 heterocycles. The molecule has 0 bridgehead atoms. The molecule has 3 nitrogen and oxygen atoms in total. The van der Waals surface area contributed by atoms with Gasteiger partial charge in [0.1, 0.15) is 5.37 Å². The summed E-state index contributed by atoms with van der Waals surface area (Å²) in [6, 6.07) is 6.26. The van der Waals surface area contributed by atoms with Crippen molar-refractivity contribution < 1.29 is 9.53 Å². The molecule has 1 aromatic carbocycles. The Morgan fingerprint density at radius 3 is 3.00 bits per heavy atom. The maximum Gasteiger partial charge on any atom is 0.231 e. The second kappa shape index (κ2) is 4.89. The van der Waals surface area contributed by atoms with Gasteiger partial charge in [0.25, 0.3) is 0 Å². The van der Waals surface area contributed by atoms with Gasteiger partial charge in [0.15, 0.2) is 0 Å². The minimum atomic E-state index is 0.0811. The minimum Gasteiger partial charge on any atom is -0.380 e. The summed E-state index contributed by atoms with van der Waals surface area (Å²) in [4.78, 5) is 11.2. The number of ether oxygens (including phenoxy) is 1. The summed E-state index contributed by atoms with van der Waals surface area (Å²) in [6.07, 6.45) is 0.